The normalized spacial score (nSPS) is 10.2. The SMILES string of the molecule is COc1ccccc1NC(=O)CNCC(=O)NC(C)C. The van der Waals surface area contributed by atoms with E-state index in [4.69, 9.17) is 4.74 Å². The van der Waals surface area contributed by atoms with Gasteiger partial charge in [0, 0.05) is 6.04 Å². The third-order valence-electron chi connectivity index (χ3n) is 2.40. The summed E-state index contributed by atoms with van der Waals surface area (Å²) in [6.07, 6.45) is 0. The summed E-state index contributed by atoms with van der Waals surface area (Å²) >= 11 is 0. The Hall–Kier alpha value is -2.08. The minimum Gasteiger partial charge on any atom is -0.495 e. The van der Waals surface area contributed by atoms with Crippen LogP contribution in [0.5, 0.6) is 5.75 Å². The van der Waals surface area contributed by atoms with E-state index in [9.17, 15) is 9.59 Å². The van der Waals surface area contributed by atoms with Gasteiger partial charge in [-0.2, -0.15) is 0 Å². The predicted molar refractivity (Wildman–Crippen MR) is 77.8 cm³/mol. The molecule has 0 aliphatic carbocycles. The summed E-state index contributed by atoms with van der Waals surface area (Å²) in [5.41, 5.74) is 0.605. The van der Waals surface area contributed by atoms with Crippen molar-refractivity contribution in [2.24, 2.45) is 0 Å². The van der Waals surface area contributed by atoms with Gasteiger partial charge in [-0.15, -0.1) is 0 Å². The van der Waals surface area contributed by atoms with Gasteiger partial charge in [0.1, 0.15) is 5.75 Å². The molecule has 0 aliphatic rings. The summed E-state index contributed by atoms with van der Waals surface area (Å²) in [5, 5.41) is 8.23. The van der Waals surface area contributed by atoms with Gasteiger partial charge >= 0.3 is 0 Å². The quantitative estimate of drug-likeness (QED) is 0.688. The third kappa shape index (κ3) is 5.71. The molecule has 3 N–H and O–H groups in total. The highest BCUT2D eigenvalue weighted by Gasteiger charge is 2.08. The first-order valence-corrected chi connectivity index (χ1v) is 6.46. The highest BCUT2D eigenvalue weighted by molar-refractivity contribution is 5.94. The van der Waals surface area contributed by atoms with Crippen LogP contribution < -0.4 is 20.7 Å². The lowest BCUT2D eigenvalue weighted by Gasteiger charge is -2.11. The Morgan fingerprint density at radius 1 is 1.15 bits per heavy atom. The first kappa shape index (κ1) is 16.0. The van der Waals surface area contributed by atoms with E-state index in [2.05, 4.69) is 16.0 Å². The number of carbonyl (C=O) groups excluding carboxylic acids is 2. The second kappa shape index (κ2) is 8.16. The van der Waals surface area contributed by atoms with Crippen molar-refractivity contribution >= 4 is 17.5 Å². The Bertz CT molecular complexity index is 461. The molecule has 1 aromatic carbocycles. The molecule has 20 heavy (non-hydrogen) atoms. The number of anilines is 1. The number of benzene rings is 1. The van der Waals surface area contributed by atoms with Crippen molar-refractivity contribution < 1.29 is 14.3 Å². The molecule has 0 saturated carbocycles. The fraction of sp³-hybridized carbons (Fsp3) is 0.429. The Kier molecular flexibility index (Phi) is 6.52. The number of para-hydroxylation sites is 2. The molecule has 0 aliphatic heterocycles. The summed E-state index contributed by atoms with van der Waals surface area (Å²) in [6.45, 7) is 3.93. The molecule has 0 radical (unpaired) electrons. The van der Waals surface area contributed by atoms with Crippen molar-refractivity contribution in [3.05, 3.63) is 24.3 Å². The van der Waals surface area contributed by atoms with E-state index < -0.39 is 0 Å². The zero-order chi connectivity index (χ0) is 15.0. The van der Waals surface area contributed by atoms with E-state index >= 15 is 0 Å². The van der Waals surface area contributed by atoms with E-state index in [1.807, 2.05) is 26.0 Å². The van der Waals surface area contributed by atoms with Crippen LogP contribution in [-0.4, -0.2) is 38.1 Å². The highest BCUT2D eigenvalue weighted by Crippen LogP contribution is 2.22. The molecule has 2 amide bonds. The van der Waals surface area contributed by atoms with Crippen LogP contribution in [0, 0.1) is 0 Å². The van der Waals surface area contributed by atoms with Gasteiger partial charge in [0.05, 0.1) is 25.9 Å². The van der Waals surface area contributed by atoms with E-state index in [1.165, 1.54) is 0 Å². The average Bonchev–Trinajstić information content (AvgIpc) is 2.38. The number of nitrogens with one attached hydrogen (secondary N) is 3. The van der Waals surface area contributed by atoms with Gasteiger partial charge in [-0.25, -0.2) is 0 Å². The molecular formula is C14H21N3O3. The van der Waals surface area contributed by atoms with E-state index in [-0.39, 0.29) is 30.9 Å². The third-order valence-corrected chi connectivity index (χ3v) is 2.40. The molecule has 0 bridgehead atoms. The van der Waals surface area contributed by atoms with Crippen LogP contribution in [0.15, 0.2) is 24.3 Å². The van der Waals surface area contributed by atoms with Crippen LogP contribution >= 0.6 is 0 Å². The van der Waals surface area contributed by atoms with Gasteiger partial charge < -0.3 is 15.4 Å². The molecule has 0 heterocycles. The fourth-order valence-electron chi connectivity index (χ4n) is 1.60. The zero-order valence-corrected chi connectivity index (χ0v) is 12.0. The lowest BCUT2D eigenvalue weighted by molar-refractivity contribution is -0.120. The van der Waals surface area contributed by atoms with Gasteiger partial charge in [0.25, 0.3) is 0 Å². The van der Waals surface area contributed by atoms with Crippen LogP contribution in [0.2, 0.25) is 0 Å². The summed E-state index contributed by atoms with van der Waals surface area (Å²) in [6, 6.07) is 7.23. The smallest absolute Gasteiger partial charge is 0.238 e. The summed E-state index contributed by atoms with van der Waals surface area (Å²) < 4.78 is 5.13. The van der Waals surface area contributed by atoms with Crippen molar-refractivity contribution in [3.8, 4) is 5.75 Å². The number of amides is 2. The molecule has 0 saturated heterocycles. The van der Waals surface area contributed by atoms with Gasteiger partial charge in [-0.1, -0.05) is 12.1 Å². The molecule has 6 heteroatoms. The van der Waals surface area contributed by atoms with Crippen LogP contribution in [0.1, 0.15) is 13.8 Å². The van der Waals surface area contributed by atoms with E-state index in [0.29, 0.717) is 11.4 Å². The standard InChI is InChI=1S/C14H21N3O3/c1-10(2)16-13(18)8-15-9-14(19)17-11-6-4-5-7-12(11)20-3/h4-7,10,15H,8-9H2,1-3H3,(H,16,18)(H,17,19). The molecule has 1 rings (SSSR count). The molecule has 0 aromatic heterocycles. The number of hydrogen-bond acceptors (Lipinski definition) is 4. The molecule has 0 atom stereocenters. The van der Waals surface area contributed by atoms with Crippen molar-refractivity contribution in [3.63, 3.8) is 0 Å². The fourth-order valence-corrected chi connectivity index (χ4v) is 1.60. The predicted octanol–water partition coefficient (Wildman–Crippen LogP) is 0.748. The zero-order valence-electron chi connectivity index (χ0n) is 12.0. The molecule has 1 aromatic rings. The number of carbonyl (C=O) groups is 2. The number of methoxy groups -OCH3 is 1. The Morgan fingerprint density at radius 2 is 1.80 bits per heavy atom. The first-order chi connectivity index (χ1) is 9.52. The lowest BCUT2D eigenvalue weighted by Crippen LogP contribution is -2.40. The molecule has 0 fully saturated rings. The molecule has 0 spiro atoms. The molecule has 110 valence electrons. The summed E-state index contributed by atoms with van der Waals surface area (Å²) in [7, 11) is 1.54. The summed E-state index contributed by atoms with van der Waals surface area (Å²) in [4.78, 5) is 23.1. The molecule has 6 nitrogen and oxygen atoms in total. The van der Waals surface area contributed by atoms with Crippen molar-refractivity contribution in [1.82, 2.24) is 10.6 Å². The Balaban J connectivity index is 2.35. The minimum absolute atomic E-state index is 0.0591. The van der Waals surface area contributed by atoms with Crippen molar-refractivity contribution in [2.75, 3.05) is 25.5 Å². The maximum atomic E-state index is 11.7. The maximum absolute atomic E-state index is 11.7. The van der Waals surface area contributed by atoms with Gasteiger partial charge in [0.2, 0.25) is 11.8 Å². The van der Waals surface area contributed by atoms with Crippen LogP contribution in [-0.2, 0) is 9.59 Å². The number of rotatable bonds is 7. The topological polar surface area (TPSA) is 79.5 Å². The average molecular weight is 279 g/mol. The second-order valence-electron chi connectivity index (χ2n) is 4.57. The van der Waals surface area contributed by atoms with Crippen LogP contribution in [0.4, 0.5) is 5.69 Å². The monoisotopic (exact) mass is 279 g/mol. The van der Waals surface area contributed by atoms with Crippen LogP contribution in [0.3, 0.4) is 0 Å². The van der Waals surface area contributed by atoms with Gasteiger partial charge in [-0.05, 0) is 26.0 Å². The molecule has 0 unspecified atom stereocenters. The van der Waals surface area contributed by atoms with E-state index in [0.717, 1.165) is 0 Å². The van der Waals surface area contributed by atoms with Crippen LogP contribution in [0.25, 0.3) is 0 Å². The summed E-state index contributed by atoms with van der Waals surface area (Å²) in [5.74, 6) is 0.232. The van der Waals surface area contributed by atoms with Crippen molar-refractivity contribution in [2.45, 2.75) is 19.9 Å². The van der Waals surface area contributed by atoms with Crippen molar-refractivity contribution in [1.29, 1.82) is 0 Å². The maximum Gasteiger partial charge on any atom is 0.238 e. The Morgan fingerprint density at radius 3 is 2.45 bits per heavy atom. The molecular weight excluding hydrogens is 258 g/mol. The van der Waals surface area contributed by atoms with Gasteiger partial charge in [-0.3, -0.25) is 14.9 Å². The largest absolute Gasteiger partial charge is 0.495 e. The first-order valence-electron chi connectivity index (χ1n) is 6.46. The lowest BCUT2D eigenvalue weighted by atomic mass is 10.3. The second-order valence-corrected chi connectivity index (χ2v) is 4.57. The minimum atomic E-state index is -0.230. The van der Waals surface area contributed by atoms with Gasteiger partial charge in [0.15, 0.2) is 0 Å². The number of ether oxygens (including phenoxy) is 1. The number of hydrogen-bond donors (Lipinski definition) is 3. The Labute approximate surface area is 118 Å². The highest BCUT2D eigenvalue weighted by atomic mass is 16.5. The van der Waals surface area contributed by atoms with E-state index in [1.54, 1.807) is 19.2 Å².